The van der Waals surface area contributed by atoms with Crippen LogP contribution in [0.1, 0.15) is 16.9 Å². The molecule has 2 aromatic heterocycles. The summed E-state index contributed by atoms with van der Waals surface area (Å²) in [6, 6.07) is 14.6. The van der Waals surface area contributed by atoms with Crippen LogP contribution in [0.3, 0.4) is 0 Å². The number of hydrogen-bond acceptors (Lipinski definition) is 6. The molecule has 1 saturated heterocycles. The highest BCUT2D eigenvalue weighted by Gasteiger charge is 2.27. The summed E-state index contributed by atoms with van der Waals surface area (Å²) in [6.07, 6.45) is 0.727. The number of benzene rings is 1. The van der Waals surface area contributed by atoms with Gasteiger partial charge < -0.3 is 24.7 Å². The van der Waals surface area contributed by atoms with Gasteiger partial charge in [-0.1, -0.05) is 36.4 Å². The summed E-state index contributed by atoms with van der Waals surface area (Å²) < 4.78 is 12.2. The minimum absolute atomic E-state index is 0.201. The molecule has 168 valence electrons. The summed E-state index contributed by atoms with van der Waals surface area (Å²) in [7, 11) is 1.64. The van der Waals surface area contributed by atoms with E-state index in [0.717, 1.165) is 25.1 Å². The van der Waals surface area contributed by atoms with Crippen molar-refractivity contribution >= 4 is 5.91 Å². The molecule has 0 radical (unpaired) electrons. The number of H-pyrrole nitrogens is 1. The maximum absolute atomic E-state index is 13.3. The van der Waals surface area contributed by atoms with Crippen molar-refractivity contribution in [3.63, 3.8) is 0 Å². The van der Waals surface area contributed by atoms with Crippen molar-refractivity contribution in [3.05, 3.63) is 64.7 Å². The van der Waals surface area contributed by atoms with Crippen LogP contribution in [-0.4, -0.2) is 71.8 Å². The van der Waals surface area contributed by atoms with Crippen molar-refractivity contribution in [1.82, 2.24) is 24.8 Å². The number of ether oxygens (including phenoxy) is 2. The van der Waals surface area contributed by atoms with Gasteiger partial charge in [-0.2, -0.15) is 4.98 Å². The Balaban J connectivity index is 1.75. The van der Waals surface area contributed by atoms with Crippen LogP contribution in [-0.2, 0) is 4.74 Å². The number of hydrogen-bond donors (Lipinski definition) is 2. The first kappa shape index (κ1) is 21.8. The molecule has 1 amide bonds. The predicted octanol–water partition coefficient (Wildman–Crippen LogP) is 1.69. The molecule has 32 heavy (non-hydrogen) atoms. The molecule has 0 saturated carbocycles. The zero-order valence-corrected chi connectivity index (χ0v) is 18.0. The maximum Gasteiger partial charge on any atom is 0.332 e. The molecule has 2 N–H and O–H groups in total. The lowest BCUT2D eigenvalue weighted by molar-refractivity contribution is 0.0731. The molecule has 3 heterocycles. The summed E-state index contributed by atoms with van der Waals surface area (Å²) in [6.45, 7) is 3.66. The lowest BCUT2D eigenvalue weighted by Crippen LogP contribution is -2.46. The molecule has 1 aliphatic rings. The number of imidazole rings is 1. The standard InChI is InChI=1S/C23H27N5O4/c1-31-15-6-16-32-19-10-5-9-18(25-19)28-21(17-7-3-2-4-8-17)20(26-23(28)30)22(29)27-13-11-24-12-14-27/h2-5,7-10,24H,6,11-16H2,1H3,(H,26,30). The molecule has 0 aliphatic carbocycles. The lowest BCUT2D eigenvalue weighted by Gasteiger charge is -2.27. The van der Waals surface area contributed by atoms with Crippen LogP contribution in [0.2, 0.25) is 0 Å². The van der Waals surface area contributed by atoms with Crippen molar-refractivity contribution in [2.24, 2.45) is 0 Å². The highest BCUT2D eigenvalue weighted by Crippen LogP contribution is 2.26. The Morgan fingerprint density at radius 2 is 1.84 bits per heavy atom. The van der Waals surface area contributed by atoms with Gasteiger partial charge in [0.25, 0.3) is 5.91 Å². The van der Waals surface area contributed by atoms with Gasteiger partial charge in [0.2, 0.25) is 5.88 Å². The van der Waals surface area contributed by atoms with E-state index >= 15 is 0 Å². The molecule has 0 unspecified atom stereocenters. The topological polar surface area (TPSA) is 101 Å². The molecule has 9 heteroatoms. The largest absolute Gasteiger partial charge is 0.478 e. The second-order valence-corrected chi connectivity index (χ2v) is 7.43. The Bertz CT molecular complexity index is 1100. The van der Waals surface area contributed by atoms with Gasteiger partial charge in [0.1, 0.15) is 11.5 Å². The number of carbonyl (C=O) groups excluding carboxylic acids is 1. The Morgan fingerprint density at radius 3 is 2.59 bits per heavy atom. The average molecular weight is 438 g/mol. The van der Waals surface area contributed by atoms with E-state index in [1.807, 2.05) is 30.3 Å². The molecule has 9 nitrogen and oxygen atoms in total. The number of pyridine rings is 1. The van der Waals surface area contributed by atoms with Crippen molar-refractivity contribution < 1.29 is 14.3 Å². The van der Waals surface area contributed by atoms with Crippen molar-refractivity contribution in [2.45, 2.75) is 6.42 Å². The number of piperazine rings is 1. The number of nitrogens with one attached hydrogen (secondary N) is 2. The van der Waals surface area contributed by atoms with Gasteiger partial charge >= 0.3 is 5.69 Å². The quantitative estimate of drug-likeness (QED) is 0.520. The summed E-state index contributed by atoms with van der Waals surface area (Å²) in [5.41, 5.74) is 1.07. The van der Waals surface area contributed by atoms with Gasteiger partial charge in [-0.15, -0.1) is 0 Å². The van der Waals surface area contributed by atoms with E-state index in [9.17, 15) is 9.59 Å². The Kier molecular flexibility index (Phi) is 6.98. The molecule has 1 aromatic carbocycles. The van der Waals surface area contributed by atoms with Crippen LogP contribution in [0.4, 0.5) is 0 Å². The van der Waals surface area contributed by atoms with Crippen LogP contribution >= 0.6 is 0 Å². The van der Waals surface area contributed by atoms with Crippen LogP contribution in [0.5, 0.6) is 5.88 Å². The highest BCUT2D eigenvalue weighted by atomic mass is 16.5. The van der Waals surface area contributed by atoms with Gasteiger partial charge in [-0.05, 0) is 6.07 Å². The van der Waals surface area contributed by atoms with E-state index in [1.54, 1.807) is 30.2 Å². The summed E-state index contributed by atoms with van der Waals surface area (Å²) in [5, 5.41) is 3.24. The number of aromatic nitrogens is 3. The minimum atomic E-state index is -0.425. The molecule has 0 bridgehead atoms. The fraction of sp³-hybridized carbons (Fsp3) is 0.348. The first-order chi connectivity index (χ1) is 15.7. The summed E-state index contributed by atoms with van der Waals surface area (Å²) in [5.74, 6) is 0.586. The van der Waals surface area contributed by atoms with Crippen molar-refractivity contribution in [1.29, 1.82) is 0 Å². The van der Waals surface area contributed by atoms with E-state index in [1.165, 1.54) is 4.57 Å². The molecule has 1 aliphatic heterocycles. The van der Waals surface area contributed by atoms with Crippen LogP contribution in [0.15, 0.2) is 53.3 Å². The van der Waals surface area contributed by atoms with Crippen molar-refractivity contribution in [2.75, 3.05) is 46.5 Å². The normalized spacial score (nSPS) is 13.8. The summed E-state index contributed by atoms with van der Waals surface area (Å²) >= 11 is 0. The molecular formula is C23H27N5O4. The minimum Gasteiger partial charge on any atom is -0.478 e. The molecular weight excluding hydrogens is 410 g/mol. The molecule has 4 rings (SSSR count). The number of amides is 1. The molecule has 3 aromatic rings. The van der Waals surface area contributed by atoms with Gasteiger partial charge in [0.15, 0.2) is 0 Å². The third-order valence-corrected chi connectivity index (χ3v) is 5.24. The number of methoxy groups -OCH3 is 1. The second kappa shape index (κ2) is 10.3. The fourth-order valence-electron chi connectivity index (χ4n) is 3.69. The number of aromatic amines is 1. The summed E-state index contributed by atoms with van der Waals surface area (Å²) in [4.78, 5) is 35.4. The van der Waals surface area contributed by atoms with E-state index in [4.69, 9.17) is 9.47 Å². The van der Waals surface area contributed by atoms with Crippen molar-refractivity contribution in [3.8, 4) is 23.0 Å². The second-order valence-electron chi connectivity index (χ2n) is 7.43. The molecule has 1 fully saturated rings. The number of rotatable bonds is 8. The Labute approximate surface area is 186 Å². The average Bonchev–Trinajstić information content (AvgIpc) is 3.19. The van der Waals surface area contributed by atoms with Gasteiger partial charge in [-0.25, -0.2) is 9.36 Å². The third-order valence-electron chi connectivity index (χ3n) is 5.24. The number of nitrogens with zero attached hydrogens (tertiary/aromatic N) is 3. The van der Waals surface area contributed by atoms with Crippen LogP contribution in [0, 0.1) is 0 Å². The van der Waals surface area contributed by atoms with E-state index in [0.29, 0.717) is 43.7 Å². The molecule has 0 spiro atoms. The SMILES string of the molecule is COCCCOc1cccc(-n2c(-c3ccccc3)c(C(=O)N3CCNCC3)[nH]c2=O)n1. The fourth-order valence-corrected chi connectivity index (χ4v) is 3.69. The zero-order chi connectivity index (χ0) is 22.3. The van der Waals surface area contributed by atoms with Crippen LogP contribution < -0.4 is 15.7 Å². The Morgan fingerprint density at radius 1 is 1.06 bits per heavy atom. The number of carbonyl (C=O) groups is 1. The maximum atomic E-state index is 13.3. The third kappa shape index (κ3) is 4.74. The predicted molar refractivity (Wildman–Crippen MR) is 120 cm³/mol. The van der Waals surface area contributed by atoms with Gasteiger partial charge in [0.05, 0.1) is 12.3 Å². The first-order valence-electron chi connectivity index (χ1n) is 10.7. The Hall–Kier alpha value is -3.43. The van der Waals surface area contributed by atoms with Gasteiger partial charge in [0, 0.05) is 57.9 Å². The monoisotopic (exact) mass is 437 g/mol. The van der Waals surface area contributed by atoms with E-state index in [2.05, 4.69) is 15.3 Å². The highest BCUT2D eigenvalue weighted by molar-refractivity contribution is 5.98. The smallest absolute Gasteiger partial charge is 0.332 e. The first-order valence-corrected chi connectivity index (χ1v) is 10.7. The van der Waals surface area contributed by atoms with E-state index in [-0.39, 0.29) is 11.6 Å². The zero-order valence-electron chi connectivity index (χ0n) is 18.0. The van der Waals surface area contributed by atoms with Crippen LogP contribution in [0.25, 0.3) is 17.1 Å². The lowest BCUT2D eigenvalue weighted by atomic mass is 10.1. The van der Waals surface area contributed by atoms with Gasteiger partial charge in [-0.3, -0.25) is 4.79 Å². The van der Waals surface area contributed by atoms with E-state index < -0.39 is 5.69 Å². The molecule has 0 atom stereocenters.